The molecule has 5 nitrogen and oxygen atoms in total. The zero-order chi connectivity index (χ0) is 16.0. The fourth-order valence-corrected chi connectivity index (χ4v) is 2.98. The maximum atomic E-state index is 12.8. The number of benzene rings is 2. The molecule has 0 atom stereocenters. The summed E-state index contributed by atoms with van der Waals surface area (Å²) in [6, 6.07) is 13.3. The van der Waals surface area contributed by atoms with Gasteiger partial charge in [-0.1, -0.05) is 18.2 Å². The number of hydrogen-bond donors (Lipinski definition) is 1. The third-order valence-corrected chi connectivity index (χ3v) is 4.26. The SMILES string of the molecule is Cc1c(C(=O)Nc2ccc3c(c2)OCO3)c2ccccc2n1C. The molecule has 116 valence electrons. The van der Waals surface area contributed by atoms with Gasteiger partial charge >= 0.3 is 0 Å². The van der Waals surface area contributed by atoms with Crippen LogP contribution in [0.3, 0.4) is 0 Å². The van der Waals surface area contributed by atoms with Crippen molar-refractivity contribution in [1.82, 2.24) is 4.57 Å². The van der Waals surface area contributed by atoms with Crippen LogP contribution in [0.25, 0.3) is 10.9 Å². The topological polar surface area (TPSA) is 52.5 Å². The highest BCUT2D eigenvalue weighted by Crippen LogP contribution is 2.34. The van der Waals surface area contributed by atoms with E-state index in [0.29, 0.717) is 22.7 Å². The zero-order valence-electron chi connectivity index (χ0n) is 12.9. The van der Waals surface area contributed by atoms with Crippen molar-refractivity contribution in [3.05, 3.63) is 53.7 Å². The highest BCUT2D eigenvalue weighted by molar-refractivity contribution is 6.14. The molecule has 1 aromatic heterocycles. The molecule has 0 saturated heterocycles. The van der Waals surface area contributed by atoms with Gasteiger partial charge in [0.15, 0.2) is 11.5 Å². The van der Waals surface area contributed by atoms with Gasteiger partial charge in [-0.05, 0) is 25.1 Å². The van der Waals surface area contributed by atoms with E-state index in [2.05, 4.69) is 5.32 Å². The number of rotatable bonds is 2. The second-order valence-corrected chi connectivity index (χ2v) is 5.56. The average Bonchev–Trinajstić information content (AvgIpc) is 3.11. The van der Waals surface area contributed by atoms with Crippen molar-refractivity contribution < 1.29 is 14.3 Å². The van der Waals surface area contributed by atoms with E-state index in [1.807, 2.05) is 48.9 Å². The van der Waals surface area contributed by atoms with Crippen LogP contribution in [0.15, 0.2) is 42.5 Å². The van der Waals surface area contributed by atoms with Crippen molar-refractivity contribution in [2.24, 2.45) is 7.05 Å². The summed E-state index contributed by atoms with van der Waals surface area (Å²) in [5, 5.41) is 3.90. The summed E-state index contributed by atoms with van der Waals surface area (Å²) in [7, 11) is 1.97. The highest BCUT2D eigenvalue weighted by Gasteiger charge is 2.19. The van der Waals surface area contributed by atoms with E-state index in [0.717, 1.165) is 16.6 Å². The molecule has 0 radical (unpaired) electrons. The minimum absolute atomic E-state index is 0.127. The predicted molar refractivity (Wildman–Crippen MR) is 88.2 cm³/mol. The van der Waals surface area contributed by atoms with Gasteiger partial charge in [-0.25, -0.2) is 0 Å². The van der Waals surface area contributed by atoms with Crippen LogP contribution in [0, 0.1) is 6.92 Å². The van der Waals surface area contributed by atoms with E-state index < -0.39 is 0 Å². The molecule has 2 aromatic carbocycles. The minimum Gasteiger partial charge on any atom is -0.454 e. The van der Waals surface area contributed by atoms with Crippen molar-refractivity contribution in [3.8, 4) is 11.5 Å². The molecule has 1 aliphatic heterocycles. The van der Waals surface area contributed by atoms with Crippen LogP contribution in [0.2, 0.25) is 0 Å². The monoisotopic (exact) mass is 308 g/mol. The molecule has 3 aromatic rings. The summed E-state index contributed by atoms with van der Waals surface area (Å²) in [6.45, 7) is 2.17. The molecular weight excluding hydrogens is 292 g/mol. The number of carbonyl (C=O) groups excluding carboxylic acids is 1. The van der Waals surface area contributed by atoms with Crippen LogP contribution in [-0.4, -0.2) is 17.3 Å². The minimum atomic E-state index is -0.127. The summed E-state index contributed by atoms with van der Waals surface area (Å²) < 4.78 is 12.7. The first kappa shape index (κ1) is 13.7. The first-order valence-corrected chi connectivity index (χ1v) is 7.40. The van der Waals surface area contributed by atoms with Crippen LogP contribution in [-0.2, 0) is 7.05 Å². The van der Waals surface area contributed by atoms with Gasteiger partial charge in [0.1, 0.15) is 0 Å². The first-order chi connectivity index (χ1) is 11.1. The summed E-state index contributed by atoms with van der Waals surface area (Å²) in [5.41, 5.74) is 3.36. The van der Waals surface area contributed by atoms with Crippen molar-refractivity contribution in [2.45, 2.75) is 6.92 Å². The lowest BCUT2D eigenvalue weighted by atomic mass is 10.1. The van der Waals surface area contributed by atoms with Crippen molar-refractivity contribution in [2.75, 3.05) is 12.1 Å². The van der Waals surface area contributed by atoms with Crippen LogP contribution < -0.4 is 14.8 Å². The number of nitrogens with one attached hydrogen (secondary N) is 1. The number of amides is 1. The number of carbonyl (C=O) groups is 1. The van der Waals surface area contributed by atoms with Crippen LogP contribution in [0.1, 0.15) is 16.1 Å². The standard InChI is InChI=1S/C18H16N2O3/c1-11-17(13-5-3-4-6-14(13)20(11)2)18(21)19-12-7-8-15-16(9-12)23-10-22-15/h3-9H,10H2,1-2H3,(H,19,21). The van der Waals surface area contributed by atoms with E-state index in [1.165, 1.54) is 0 Å². The Morgan fingerprint density at radius 2 is 1.91 bits per heavy atom. The summed E-state index contributed by atoms with van der Waals surface area (Å²) in [6.07, 6.45) is 0. The summed E-state index contributed by atoms with van der Waals surface area (Å²) >= 11 is 0. The molecule has 1 N–H and O–H groups in total. The fourth-order valence-electron chi connectivity index (χ4n) is 2.98. The Labute approximate surface area is 133 Å². The molecule has 23 heavy (non-hydrogen) atoms. The number of aromatic nitrogens is 1. The Bertz CT molecular complexity index is 927. The smallest absolute Gasteiger partial charge is 0.258 e. The maximum Gasteiger partial charge on any atom is 0.258 e. The number of ether oxygens (including phenoxy) is 2. The molecule has 0 aliphatic carbocycles. The van der Waals surface area contributed by atoms with E-state index in [4.69, 9.17) is 9.47 Å². The largest absolute Gasteiger partial charge is 0.454 e. The van der Waals surface area contributed by atoms with Gasteiger partial charge < -0.3 is 19.4 Å². The lowest BCUT2D eigenvalue weighted by molar-refractivity contribution is 0.102. The van der Waals surface area contributed by atoms with Crippen molar-refractivity contribution in [1.29, 1.82) is 0 Å². The highest BCUT2D eigenvalue weighted by atomic mass is 16.7. The van der Waals surface area contributed by atoms with E-state index in [9.17, 15) is 4.79 Å². The third-order valence-electron chi connectivity index (χ3n) is 4.26. The Kier molecular flexibility index (Phi) is 3.01. The van der Waals surface area contributed by atoms with Gasteiger partial charge in [-0.15, -0.1) is 0 Å². The van der Waals surface area contributed by atoms with Crippen LogP contribution in [0.4, 0.5) is 5.69 Å². The second kappa shape index (κ2) is 5.05. The van der Waals surface area contributed by atoms with E-state index in [1.54, 1.807) is 12.1 Å². The number of aryl methyl sites for hydroxylation is 1. The zero-order valence-corrected chi connectivity index (χ0v) is 12.9. The number of fused-ring (bicyclic) bond motifs is 2. The molecule has 0 spiro atoms. The fraction of sp³-hybridized carbons (Fsp3) is 0.167. The average molecular weight is 308 g/mol. The molecule has 1 amide bonds. The Balaban J connectivity index is 1.71. The molecule has 0 unspecified atom stereocenters. The van der Waals surface area contributed by atoms with E-state index in [-0.39, 0.29) is 12.7 Å². The van der Waals surface area contributed by atoms with Gasteiger partial charge in [0.2, 0.25) is 6.79 Å². The number of para-hydroxylation sites is 1. The van der Waals surface area contributed by atoms with Gasteiger partial charge in [-0.2, -0.15) is 0 Å². The first-order valence-electron chi connectivity index (χ1n) is 7.40. The van der Waals surface area contributed by atoms with Crippen molar-refractivity contribution in [3.63, 3.8) is 0 Å². The van der Waals surface area contributed by atoms with Gasteiger partial charge in [-0.3, -0.25) is 4.79 Å². The molecule has 5 heteroatoms. The Morgan fingerprint density at radius 1 is 1.13 bits per heavy atom. The molecular formula is C18H16N2O3. The van der Waals surface area contributed by atoms with Crippen LogP contribution >= 0.6 is 0 Å². The number of nitrogens with zero attached hydrogens (tertiary/aromatic N) is 1. The van der Waals surface area contributed by atoms with E-state index >= 15 is 0 Å². The lowest BCUT2D eigenvalue weighted by Crippen LogP contribution is -2.13. The molecule has 0 saturated carbocycles. The lowest BCUT2D eigenvalue weighted by Gasteiger charge is -2.07. The summed E-state index contributed by atoms with van der Waals surface area (Å²) in [5.74, 6) is 1.22. The van der Waals surface area contributed by atoms with Crippen LogP contribution in [0.5, 0.6) is 11.5 Å². The van der Waals surface area contributed by atoms with Gasteiger partial charge in [0.25, 0.3) is 5.91 Å². The molecule has 1 aliphatic rings. The van der Waals surface area contributed by atoms with Gasteiger partial charge in [0.05, 0.1) is 5.56 Å². The van der Waals surface area contributed by atoms with Crippen molar-refractivity contribution >= 4 is 22.5 Å². The molecule has 2 heterocycles. The molecule has 0 fully saturated rings. The Hall–Kier alpha value is -2.95. The summed E-state index contributed by atoms with van der Waals surface area (Å²) in [4.78, 5) is 12.8. The predicted octanol–water partition coefficient (Wildman–Crippen LogP) is 3.47. The molecule has 4 rings (SSSR count). The second-order valence-electron chi connectivity index (χ2n) is 5.56. The number of hydrogen-bond acceptors (Lipinski definition) is 3. The van der Waals surface area contributed by atoms with Gasteiger partial charge in [0, 0.05) is 35.4 Å². The number of anilines is 1. The molecule has 0 bridgehead atoms. The third kappa shape index (κ3) is 2.12. The quantitative estimate of drug-likeness (QED) is 0.788. The Morgan fingerprint density at radius 3 is 2.78 bits per heavy atom. The normalized spacial score (nSPS) is 12.6. The maximum absolute atomic E-state index is 12.8.